The second-order valence-electron chi connectivity index (χ2n) is 13.6. The van der Waals surface area contributed by atoms with E-state index in [1.54, 1.807) is 0 Å². The van der Waals surface area contributed by atoms with Crippen molar-refractivity contribution in [2.24, 2.45) is 5.11 Å². The number of rotatable bonds is 13. The number of aliphatic hydroxyl groups is 1. The lowest BCUT2D eigenvalue weighted by Crippen LogP contribution is -2.65. The number of ether oxygens (including phenoxy) is 4. The quantitative estimate of drug-likeness (QED) is 0.0399. The Bertz CT molecular complexity index is 1780. The molecule has 264 valence electrons. The van der Waals surface area contributed by atoms with Crippen molar-refractivity contribution < 1.29 is 33.6 Å². The van der Waals surface area contributed by atoms with Gasteiger partial charge >= 0.3 is 6.16 Å². The largest absolute Gasteiger partial charge is 0.510 e. The number of fused-ring (bicyclic) bond motifs is 3. The van der Waals surface area contributed by atoms with E-state index in [0.29, 0.717) is 6.42 Å². The monoisotopic (exact) mass is 705 g/mol. The van der Waals surface area contributed by atoms with Crippen molar-refractivity contribution in [1.82, 2.24) is 0 Å². The van der Waals surface area contributed by atoms with Gasteiger partial charge < -0.3 is 28.8 Å². The van der Waals surface area contributed by atoms with Gasteiger partial charge in [-0.05, 0) is 56.0 Å². The second-order valence-corrected chi connectivity index (χ2v) is 17.5. The predicted molar refractivity (Wildman–Crippen MR) is 197 cm³/mol. The maximum atomic E-state index is 13.3. The van der Waals surface area contributed by atoms with Crippen LogP contribution in [0.1, 0.15) is 43.7 Å². The van der Waals surface area contributed by atoms with Crippen LogP contribution in [-0.4, -0.2) is 68.2 Å². The summed E-state index contributed by atoms with van der Waals surface area (Å²) in [6.07, 6.45) is -3.44. The topological polar surface area (TPSA) is 143 Å². The van der Waals surface area contributed by atoms with Crippen LogP contribution in [0.4, 0.5) is 4.79 Å². The number of hydrogen-bond acceptors (Lipinski definition) is 8. The van der Waals surface area contributed by atoms with Crippen molar-refractivity contribution in [3.63, 3.8) is 0 Å². The Morgan fingerprint density at radius 2 is 1.49 bits per heavy atom. The van der Waals surface area contributed by atoms with Crippen LogP contribution in [0, 0.1) is 0 Å². The minimum absolute atomic E-state index is 0.0184. The van der Waals surface area contributed by atoms with Crippen LogP contribution < -0.4 is 10.4 Å². The summed E-state index contributed by atoms with van der Waals surface area (Å²) < 4.78 is 23.6. The van der Waals surface area contributed by atoms with E-state index in [2.05, 4.69) is 16.6 Å². The second kappa shape index (κ2) is 15.7. The number of nitrogens with zero attached hydrogens (tertiary/aromatic N) is 3. The average molecular weight is 706 g/mol. The first-order valence-corrected chi connectivity index (χ1v) is 19.1. The minimum Gasteiger partial charge on any atom is -0.433 e. The summed E-state index contributed by atoms with van der Waals surface area (Å²) in [5.74, 6) is -0.192. The molecule has 0 spiro atoms. The molecule has 0 bridgehead atoms. The summed E-state index contributed by atoms with van der Waals surface area (Å²) in [5, 5.41) is 16.5. The molecule has 1 saturated heterocycles. The van der Waals surface area contributed by atoms with Crippen LogP contribution in [0.5, 0.6) is 0 Å². The molecule has 5 unspecified atom stereocenters. The van der Waals surface area contributed by atoms with E-state index in [0.717, 1.165) is 32.6 Å². The number of carbonyl (C=O) groups excluding carboxylic acids is 1. The third kappa shape index (κ3) is 7.23. The van der Waals surface area contributed by atoms with Crippen molar-refractivity contribution in [1.29, 1.82) is 0 Å². The maximum absolute atomic E-state index is 13.3. The van der Waals surface area contributed by atoms with E-state index in [9.17, 15) is 20.2 Å². The molecule has 1 aliphatic heterocycles. The Kier molecular flexibility index (Phi) is 11.1. The van der Waals surface area contributed by atoms with Gasteiger partial charge in [-0.1, -0.05) is 134 Å². The van der Waals surface area contributed by atoms with Gasteiger partial charge in [-0.15, -0.1) is 6.58 Å². The Hall–Kier alpha value is -4.74. The van der Waals surface area contributed by atoms with Crippen molar-refractivity contribution in [3.8, 4) is 11.1 Å². The SMILES string of the molecule is C=CCOC1C(O)C(CCC(C)(C)[Si](O)(c2ccccc2)c2ccccc2)OC(OC(=O)OCC2c3ccccc3-c3ccccc32)C1N=[N+]=[N-]. The van der Waals surface area contributed by atoms with Crippen molar-refractivity contribution in [2.45, 2.75) is 68.3 Å². The first-order valence-electron chi connectivity index (χ1n) is 17.1. The Morgan fingerprint density at radius 1 is 0.941 bits per heavy atom. The molecule has 0 radical (unpaired) electrons. The summed E-state index contributed by atoms with van der Waals surface area (Å²) in [6, 6.07) is 34.1. The van der Waals surface area contributed by atoms with Gasteiger partial charge in [0.05, 0.1) is 12.7 Å². The fraction of sp³-hybridized carbons (Fsp3) is 0.325. The molecule has 4 aromatic rings. The number of hydrogen-bond donors (Lipinski definition) is 2. The smallest absolute Gasteiger partial charge is 0.433 e. The van der Waals surface area contributed by atoms with Gasteiger partial charge in [-0.3, -0.25) is 0 Å². The molecular formula is C40H43N3O7Si. The van der Waals surface area contributed by atoms with Gasteiger partial charge in [-0.2, -0.15) is 0 Å². The number of carbonyl (C=O) groups is 1. The van der Waals surface area contributed by atoms with Gasteiger partial charge in [0, 0.05) is 10.8 Å². The standard InChI is InChI=1S/C40H43N3O7Si/c1-4-25-47-37-35(42-43-41)38(50-39(45)48-26-33-31-21-13-11-19-29(31)30-20-12-14-22-32(30)33)49-34(36(37)44)23-24-40(2,3)51(46,27-15-7-5-8-16-27)28-17-9-6-10-18-28/h4-22,33-38,44,46H,1,23-26H2,2-3H3. The zero-order valence-corrected chi connectivity index (χ0v) is 29.7. The molecule has 4 aromatic carbocycles. The molecule has 0 amide bonds. The summed E-state index contributed by atoms with van der Waals surface area (Å²) >= 11 is 0. The molecule has 10 nitrogen and oxygen atoms in total. The normalized spacial score (nSPS) is 21.5. The van der Waals surface area contributed by atoms with Crippen molar-refractivity contribution >= 4 is 24.8 Å². The molecule has 2 N–H and O–H groups in total. The van der Waals surface area contributed by atoms with Crippen molar-refractivity contribution in [3.05, 3.63) is 143 Å². The van der Waals surface area contributed by atoms with E-state index in [-0.39, 0.29) is 25.6 Å². The zero-order chi connectivity index (χ0) is 36.0. The molecule has 6 rings (SSSR count). The highest BCUT2D eigenvalue weighted by Crippen LogP contribution is 2.45. The highest BCUT2D eigenvalue weighted by atomic mass is 28.4. The van der Waals surface area contributed by atoms with E-state index < -0.39 is 50.2 Å². The van der Waals surface area contributed by atoms with Gasteiger partial charge in [0.2, 0.25) is 6.29 Å². The number of benzene rings is 4. The zero-order valence-electron chi connectivity index (χ0n) is 28.7. The van der Waals surface area contributed by atoms with Crippen LogP contribution in [-0.2, 0) is 18.9 Å². The molecular weight excluding hydrogens is 663 g/mol. The number of aliphatic hydroxyl groups excluding tert-OH is 1. The molecule has 2 aliphatic rings. The highest BCUT2D eigenvalue weighted by Gasteiger charge is 2.52. The van der Waals surface area contributed by atoms with Crippen molar-refractivity contribution in [2.75, 3.05) is 13.2 Å². The Morgan fingerprint density at radius 3 is 2.04 bits per heavy atom. The fourth-order valence-corrected chi connectivity index (χ4v) is 11.3. The van der Waals surface area contributed by atoms with Gasteiger partial charge in [0.25, 0.3) is 8.32 Å². The molecule has 11 heteroatoms. The minimum atomic E-state index is -3.37. The highest BCUT2D eigenvalue weighted by molar-refractivity contribution is 6.98. The third-order valence-electron chi connectivity index (χ3n) is 10.2. The molecule has 0 aromatic heterocycles. The van der Waals surface area contributed by atoms with Crippen LogP contribution in [0.15, 0.2) is 127 Å². The van der Waals surface area contributed by atoms with E-state index in [4.69, 9.17) is 18.9 Å². The molecule has 51 heavy (non-hydrogen) atoms. The van der Waals surface area contributed by atoms with Crippen LogP contribution in [0.2, 0.25) is 5.04 Å². The molecule has 5 atom stereocenters. The van der Waals surface area contributed by atoms with E-state index in [1.807, 2.05) is 123 Å². The van der Waals surface area contributed by atoms with Crippen LogP contribution in [0.3, 0.4) is 0 Å². The first-order chi connectivity index (χ1) is 24.7. The third-order valence-corrected chi connectivity index (χ3v) is 14.7. The maximum Gasteiger partial charge on any atom is 0.510 e. The lowest BCUT2D eigenvalue weighted by Gasteiger charge is -2.45. The molecule has 1 aliphatic carbocycles. The van der Waals surface area contributed by atoms with Crippen LogP contribution in [0.25, 0.3) is 21.6 Å². The Balaban J connectivity index is 1.21. The van der Waals surface area contributed by atoms with E-state index in [1.165, 1.54) is 6.08 Å². The molecule has 0 saturated carbocycles. The summed E-state index contributed by atoms with van der Waals surface area (Å²) in [6.45, 7) is 7.81. The average Bonchev–Trinajstić information content (AvgIpc) is 3.48. The van der Waals surface area contributed by atoms with Crippen LogP contribution >= 0.6 is 0 Å². The fourth-order valence-electron chi connectivity index (χ4n) is 7.50. The van der Waals surface area contributed by atoms with Gasteiger partial charge in [0.1, 0.15) is 24.9 Å². The molecule has 1 heterocycles. The van der Waals surface area contributed by atoms with Gasteiger partial charge in [0.15, 0.2) is 0 Å². The summed E-state index contributed by atoms with van der Waals surface area (Å²) in [5.41, 5.74) is 13.7. The lowest BCUT2D eigenvalue weighted by atomic mass is 9.92. The lowest BCUT2D eigenvalue weighted by molar-refractivity contribution is -0.254. The van der Waals surface area contributed by atoms with E-state index >= 15 is 0 Å². The predicted octanol–water partition coefficient (Wildman–Crippen LogP) is 6.60. The summed E-state index contributed by atoms with van der Waals surface area (Å²) in [7, 11) is -3.37. The first kappa shape index (κ1) is 36.1. The Labute approximate surface area is 299 Å². The molecule has 1 fully saturated rings. The number of azide groups is 1. The summed E-state index contributed by atoms with van der Waals surface area (Å²) in [4.78, 5) is 28.9. The van der Waals surface area contributed by atoms with Gasteiger partial charge in [-0.25, -0.2) is 4.79 Å².